The summed E-state index contributed by atoms with van der Waals surface area (Å²) in [5, 5.41) is 1.06. The lowest BCUT2D eigenvalue weighted by atomic mass is 10.1. The number of benzene rings is 2. The number of carbonyl (C=O) groups excluding carboxylic acids is 1. The molecule has 0 atom stereocenters. The van der Waals surface area contributed by atoms with E-state index in [2.05, 4.69) is 9.97 Å². The summed E-state index contributed by atoms with van der Waals surface area (Å²) in [6.45, 7) is 1.53. The zero-order valence-corrected chi connectivity index (χ0v) is 12.1. The number of hydrogen-bond donors (Lipinski definition) is 1. The van der Waals surface area contributed by atoms with E-state index in [0.29, 0.717) is 27.0 Å². The lowest BCUT2D eigenvalue weighted by Gasteiger charge is -2.02. The van der Waals surface area contributed by atoms with Gasteiger partial charge in [-0.2, -0.15) is 0 Å². The number of fused-ring (bicyclic) bond motifs is 1. The van der Waals surface area contributed by atoms with Gasteiger partial charge in [0.1, 0.15) is 5.82 Å². The zero-order chi connectivity index (χ0) is 14.3. The number of aromatic nitrogens is 2. The van der Waals surface area contributed by atoms with Crippen LogP contribution in [0, 0.1) is 0 Å². The third kappa shape index (κ3) is 2.19. The predicted molar refractivity (Wildman–Crippen MR) is 81.6 cm³/mol. The molecule has 0 aliphatic carbocycles. The Morgan fingerprint density at radius 1 is 1.15 bits per heavy atom. The van der Waals surface area contributed by atoms with Gasteiger partial charge in [-0.05, 0) is 37.3 Å². The highest BCUT2D eigenvalue weighted by atomic mass is 35.5. The molecule has 0 saturated heterocycles. The van der Waals surface area contributed by atoms with E-state index in [1.165, 1.54) is 6.92 Å². The molecule has 0 spiro atoms. The van der Waals surface area contributed by atoms with Crippen molar-refractivity contribution in [1.82, 2.24) is 9.97 Å². The van der Waals surface area contributed by atoms with Gasteiger partial charge in [0.05, 0.1) is 26.6 Å². The van der Waals surface area contributed by atoms with Gasteiger partial charge in [0.25, 0.3) is 0 Å². The molecular formula is C15H10Cl2N2O. The van der Waals surface area contributed by atoms with Crippen molar-refractivity contribution in [3.05, 3.63) is 52.0 Å². The Morgan fingerprint density at radius 2 is 1.85 bits per heavy atom. The first-order valence-corrected chi connectivity index (χ1v) is 6.77. The monoisotopic (exact) mass is 304 g/mol. The third-order valence-corrected chi connectivity index (χ3v) is 3.72. The van der Waals surface area contributed by atoms with Crippen LogP contribution in [0.25, 0.3) is 22.4 Å². The Balaban J connectivity index is 2.21. The number of hydrogen-bond acceptors (Lipinski definition) is 2. The van der Waals surface area contributed by atoms with Crippen LogP contribution >= 0.6 is 23.2 Å². The summed E-state index contributed by atoms with van der Waals surface area (Å²) >= 11 is 12.3. The molecule has 1 N–H and O–H groups in total. The summed E-state index contributed by atoms with van der Waals surface area (Å²) in [5.41, 5.74) is 2.85. The largest absolute Gasteiger partial charge is 0.338 e. The minimum Gasteiger partial charge on any atom is -0.338 e. The van der Waals surface area contributed by atoms with Crippen molar-refractivity contribution in [3.8, 4) is 11.4 Å². The number of aromatic amines is 1. The standard InChI is InChI=1S/C15H10Cl2N2O/c1-8(20)9-5-6-12-13(7-9)19-15(18-12)14-10(16)3-2-4-11(14)17/h2-7H,1H3,(H,18,19). The van der Waals surface area contributed by atoms with E-state index in [1.807, 2.05) is 0 Å². The van der Waals surface area contributed by atoms with Gasteiger partial charge in [-0.1, -0.05) is 29.3 Å². The average molecular weight is 305 g/mol. The second kappa shape index (κ2) is 4.93. The Morgan fingerprint density at radius 3 is 2.50 bits per heavy atom. The predicted octanol–water partition coefficient (Wildman–Crippen LogP) is 4.74. The molecule has 100 valence electrons. The van der Waals surface area contributed by atoms with Crippen LogP contribution in [0.5, 0.6) is 0 Å². The summed E-state index contributed by atoms with van der Waals surface area (Å²) in [5.74, 6) is 0.607. The highest BCUT2D eigenvalue weighted by molar-refractivity contribution is 6.39. The lowest BCUT2D eigenvalue weighted by Crippen LogP contribution is -1.90. The van der Waals surface area contributed by atoms with E-state index in [0.717, 1.165) is 11.0 Å². The van der Waals surface area contributed by atoms with Crippen LogP contribution in [0.4, 0.5) is 0 Å². The quantitative estimate of drug-likeness (QED) is 0.695. The molecule has 0 unspecified atom stereocenters. The van der Waals surface area contributed by atoms with Crippen LogP contribution in [-0.2, 0) is 0 Å². The van der Waals surface area contributed by atoms with Crippen molar-refractivity contribution in [1.29, 1.82) is 0 Å². The van der Waals surface area contributed by atoms with Gasteiger partial charge in [0.2, 0.25) is 0 Å². The van der Waals surface area contributed by atoms with E-state index in [4.69, 9.17) is 23.2 Å². The summed E-state index contributed by atoms with van der Waals surface area (Å²) < 4.78 is 0. The molecule has 20 heavy (non-hydrogen) atoms. The molecule has 3 rings (SSSR count). The van der Waals surface area contributed by atoms with Gasteiger partial charge in [0.15, 0.2) is 5.78 Å². The molecule has 0 aliphatic heterocycles. The van der Waals surface area contributed by atoms with Crippen LogP contribution in [0.1, 0.15) is 17.3 Å². The molecule has 0 amide bonds. The highest BCUT2D eigenvalue weighted by Gasteiger charge is 2.13. The minimum atomic E-state index is 0.0128. The second-order valence-electron chi connectivity index (χ2n) is 4.47. The number of Topliss-reactive ketones (excluding diaryl/α,β-unsaturated/α-hetero) is 1. The van der Waals surface area contributed by atoms with Crippen LogP contribution < -0.4 is 0 Å². The normalized spacial score (nSPS) is 10.9. The zero-order valence-electron chi connectivity index (χ0n) is 10.6. The van der Waals surface area contributed by atoms with Gasteiger partial charge in [0, 0.05) is 5.56 Å². The van der Waals surface area contributed by atoms with E-state index < -0.39 is 0 Å². The number of imidazole rings is 1. The molecule has 0 saturated carbocycles. The molecule has 2 aromatic carbocycles. The van der Waals surface area contributed by atoms with E-state index in [-0.39, 0.29) is 5.78 Å². The number of nitrogens with zero attached hydrogens (tertiary/aromatic N) is 1. The van der Waals surface area contributed by atoms with Crippen molar-refractivity contribution in [2.24, 2.45) is 0 Å². The Bertz CT molecular complexity index is 804. The van der Waals surface area contributed by atoms with Gasteiger partial charge < -0.3 is 4.98 Å². The first-order valence-electron chi connectivity index (χ1n) is 6.01. The van der Waals surface area contributed by atoms with E-state index in [9.17, 15) is 4.79 Å². The van der Waals surface area contributed by atoms with Crippen molar-refractivity contribution in [2.45, 2.75) is 6.92 Å². The molecule has 1 heterocycles. The van der Waals surface area contributed by atoms with Crippen LogP contribution in [0.3, 0.4) is 0 Å². The molecule has 3 aromatic rings. The Hall–Kier alpha value is -1.84. The highest BCUT2D eigenvalue weighted by Crippen LogP contribution is 2.33. The molecule has 0 aliphatic rings. The van der Waals surface area contributed by atoms with Crippen LogP contribution in [0.15, 0.2) is 36.4 Å². The number of rotatable bonds is 2. The maximum atomic E-state index is 11.4. The molecule has 1 aromatic heterocycles. The lowest BCUT2D eigenvalue weighted by molar-refractivity contribution is 0.101. The Kier molecular flexibility index (Phi) is 3.24. The number of nitrogens with one attached hydrogen (secondary N) is 1. The van der Waals surface area contributed by atoms with Crippen LogP contribution in [-0.4, -0.2) is 15.8 Å². The number of carbonyl (C=O) groups is 1. The molecule has 0 fully saturated rings. The molecule has 5 heteroatoms. The average Bonchev–Trinajstić information content (AvgIpc) is 2.80. The third-order valence-electron chi connectivity index (χ3n) is 3.09. The maximum Gasteiger partial charge on any atom is 0.159 e. The molecule has 0 bridgehead atoms. The van der Waals surface area contributed by atoms with E-state index in [1.54, 1.807) is 36.4 Å². The maximum absolute atomic E-state index is 11.4. The summed E-state index contributed by atoms with van der Waals surface area (Å²) in [6, 6.07) is 10.6. The van der Waals surface area contributed by atoms with Crippen LogP contribution in [0.2, 0.25) is 10.0 Å². The van der Waals surface area contributed by atoms with Gasteiger partial charge in [-0.25, -0.2) is 4.98 Å². The number of halogens is 2. The van der Waals surface area contributed by atoms with Crippen molar-refractivity contribution in [2.75, 3.05) is 0 Å². The fourth-order valence-corrected chi connectivity index (χ4v) is 2.65. The first kappa shape index (κ1) is 13.2. The van der Waals surface area contributed by atoms with Crippen molar-refractivity contribution in [3.63, 3.8) is 0 Å². The van der Waals surface area contributed by atoms with Crippen molar-refractivity contribution < 1.29 is 4.79 Å². The van der Waals surface area contributed by atoms with E-state index >= 15 is 0 Å². The number of ketones is 1. The fourth-order valence-electron chi connectivity index (χ4n) is 2.07. The second-order valence-corrected chi connectivity index (χ2v) is 5.28. The smallest absolute Gasteiger partial charge is 0.159 e. The number of H-pyrrole nitrogens is 1. The van der Waals surface area contributed by atoms with Crippen molar-refractivity contribution >= 4 is 40.0 Å². The van der Waals surface area contributed by atoms with Gasteiger partial charge in [-0.15, -0.1) is 0 Å². The summed E-state index contributed by atoms with van der Waals surface area (Å²) in [6.07, 6.45) is 0. The minimum absolute atomic E-state index is 0.0128. The molecular weight excluding hydrogens is 295 g/mol. The summed E-state index contributed by atoms with van der Waals surface area (Å²) in [7, 11) is 0. The molecule has 0 radical (unpaired) electrons. The topological polar surface area (TPSA) is 45.8 Å². The first-order chi connectivity index (χ1) is 9.56. The van der Waals surface area contributed by atoms with Gasteiger partial charge >= 0.3 is 0 Å². The molecule has 3 nitrogen and oxygen atoms in total. The Labute approximate surface area is 125 Å². The van der Waals surface area contributed by atoms with Gasteiger partial charge in [-0.3, -0.25) is 4.79 Å². The summed E-state index contributed by atoms with van der Waals surface area (Å²) in [4.78, 5) is 19.0. The fraction of sp³-hybridized carbons (Fsp3) is 0.0667. The SMILES string of the molecule is CC(=O)c1ccc2nc(-c3c(Cl)cccc3Cl)[nH]c2c1.